The molecule has 2 heterocycles. The van der Waals surface area contributed by atoms with Crippen molar-refractivity contribution in [3.8, 4) is 0 Å². The summed E-state index contributed by atoms with van der Waals surface area (Å²) >= 11 is 0. The number of aromatic nitrogens is 1. The van der Waals surface area contributed by atoms with Gasteiger partial charge in [0.2, 0.25) is 5.78 Å². The van der Waals surface area contributed by atoms with E-state index in [1.807, 2.05) is 24.4 Å². The molecule has 5 nitrogen and oxygen atoms in total. The first kappa shape index (κ1) is 15.6. The molecule has 21 heavy (non-hydrogen) atoms. The minimum atomic E-state index is -0.445. The molecule has 1 aliphatic heterocycles. The van der Waals surface area contributed by atoms with E-state index in [0.717, 1.165) is 38.2 Å². The third kappa shape index (κ3) is 4.93. The van der Waals surface area contributed by atoms with Crippen molar-refractivity contribution in [2.75, 3.05) is 19.6 Å². The van der Waals surface area contributed by atoms with Crippen LogP contribution in [0.2, 0.25) is 0 Å². The number of carbonyl (C=O) groups is 2. The van der Waals surface area contributed by atoms with Gasteiger partial charge in [-0.2, -0.15) is 0 Å². The van der Waals surface area contributed by atoms with Crippen LogP contribution >= 0.6 is 0 Å². The first-order chi connectivity index (χ1) is 10.2. The molecule has 1 amide bonds. The van der Waals surface area contributed by atoms with E-state index in [0.29, 0.717) is 12.5 Å². The number of rotatable bonds is 6. The Morgan fingerprint density at radius 3 is 3.00 bits per heavy atom. The summed E-state index contributed by atoms with van der Waals surface area (Å²) in [6.45, 7) is 5.14. The van der Waals surface area contributed by atoms with Crippen LogP contribution in [0.15, 0.2) is 24.4 Å². The number of nitrogens with one attached hydrogen (secondary N) is 1. The maximum atomic E-state index is 11.5. The summed E-state index contributed by atoms with van der Waals surface area (Å²) in [6, 6.07) is 5.95. The highest BCUT2D eigenvalue weighted by Gasteiger charge is 2.21. The Balaban J connectivity index is 1.78. The fourth-order valence-corrected chi connectivity index (χ4v) is 2.68. The van der Waals surface area contributed by atoms with Gasteiger partial charge in [0.05, 0.1) is 5.69 Å². The fourth-order valence-electron chi connectivity index (χ4n) is 2.68. The van der Waals surface area contributed by atoms with E-state index in [1.54, 1.807) is 6.92 Å². The molecule has 1 atom stereocenters. The van der Waals surface area contributed by atoms with Crippen molar-refractivity contribution in [3.05, 3.63) is 30.1 Å². The Hall–Kier alpha value is -1.75. The van der Waals surface area contributed by atoms with Gasteiger partial charge in [0.1, 0.15) is 0 Å². The van der Waals surface area contributed by atoms with E-state index in [1.165, 1.54) is 0 Å². The van der Waals surface area contributed by atoms with E-state index in [2.05, 4.69) is 15.2 Å². The molecule has 1 saturated heterocycles. The molecule has 1 fully saturated rings. The molecule has 1 aromatic heterocycles. The first-order valence-electron chi connectivity index (χ1n) is 7.62. The third-order valence-corrected chi connectivity index (χ3v) is 3.84. The van der Waals surface area contributed by atoms with Crippen molar-refractivity contribution in [2.45, 2.75) is 32.7 Å². The molecule has 0 aliphatic carbocycles. The SMILES string of the molecule is CCC(=O)C(=O)NC[C@H]1CCCN(Cc2ccccn2)C1. The van der Waals surface area contributed by atoms with Gasteiger partial charge in [0.15, 0.2) is 0 Å². The second-order valence-electron chi connectivity index (χ2n) is 5.55. The number of amides is 1. The molecule has 0 saturated carbocycles. The summed E-state index contributed by atoms with van der Waals surface area (Å²) in [7, 11) is 0. The Labute approximate surface area is 125 Å². The van der Waals surface area contributed by atoms with Crippen LogP contribution in [-0.2, 0) is 16.1 Å². The summed E-state index contributed by atoms with van der Waals surface area (Å²) in [5.41, 5.74) is 1.07. The lowest BCUT2D eigenvalue weighted by Gasteiger charge is -2.32. The van der Waals surface area contributed by atoms with Gasteiger partial charge in [-0.1, -0.05) is 13.0 Å². The summed E-state index contributed by atoms with van der Waals surface area (Å²) in [5.74, 6) is -0.369. The van der Waals surface area contributed by atoms with Crippen molar-refractivity contribution in [2.24, 2.45) is 5.92 Å². The standard InChI is InChI=1S/C16H23N3O2/c1-2-15(20)16(21)18-10-13-6-5-9-19(11-13)12-14-7-3-4-8-17-14/h3-4,7-8,13H,2,5-6,9-12H2,1H3,(H,18,21)/t13-/m1/s1. The summed E-state index contributed by atoms with van der Waals surface area (Å²) in [6.07, 6.45) is 4.30. The number of pyridine rings is 1. The van der Waals surface area contributed by atoms with Gasteiger partial charge in [-0.25, -0.2) is 0 Å². The van der Waals surface area contributed by atoms with Crippen LogP contribution in [0, 0.1) is 5.92 Å². The van der Waals surface area contributed by atoms with E-state index in [4.69, 9.17) is 0 Å². The van der Waals surface area contributed by atoms with Gasteiger partial charge in [-0.15, -0.1) is 0 Å². The predicted molar refractivity (Wildman–Crippen MR) is 80.5 cm³/mol. The smallest absolute Gasteiger partial charge is 0.287 e. The molecule has 0 radical (unpaired) electrons. The van der Waals surface area contributed by atoms with Crippen molar-refractivity contribution in [1.29, 1.82) is 0 Å². The molecule has 0 spiro atoms. The molecule has 114 valence electrons. The lowest BCUT2D eigenvalue weighted by molar-refractivity contribution is -0.137. The molecule has 2 rings (SSSR count). The number of likely N-dealkylation sites (tertiary alicyclic amines) is 1. The number of piperidine rings is 1. The van der Waals surface area contributed by atoms with Gasteiger partial charge in [-0.05, 0) is 37.4 Å². The van der Waals surface area contributed by atoms with Crippen LogP contribution in [0.5, 0.6) is 0 Å². The molecule has 0 unspecified atom stereocenters. The molecular weight excluding hydrogens is 266 g/mol. The summed E-state index contributed by atoms with van der Waals surface area (Å²) < 4.78 is 0. The lowest BCUT2D eigenvalue weighted by Crippen LogP contribution is -2.42. The van der Waals surface area contributed by atoms with Crippen LogP contribution in [0.4, 0.5) is 0 Å². The number of hydrogen-bond acceptors (Lipinski definition) is 4. The van der Waals surface area contributed by atoms with Crippen LogP contribution in [0.1, 0.15) is 31.9 Å². The highest BCUT2D eigenvalue weighted by Crippen LogP contribution is 2.17. The average molecular weight is 289 g/mol. The van der Waals surface area contributed by atoms with Crippen molar-refractivity contribution in [3.63, 3.8) is 0 Å². The van der Waals surface area contributed by atoms with Crippen molar-refractivity contribution < 1.29 is 9.59 Å². The van der Waals surface area contributed by atoms with Crippen LogP contribution in [-0.4, -0.2) is 41.2 Å². The van der Waals surface area contributed by atoms with Gasteiger partial charge < -0.3 is 5.32 Å². The Kier molecular flexibility index (Phi) is 5.87. The van der Waals surface area contributed by atoms with Gasteiger partial charge in [-0.3, -0.25) is 19.5 Å². The fraction of sp³-hybridized carbons (Fsp3) is 0.562. The topological polar surface area (TPSA) is 62.3 Å². The highest BCUT2D eigenvalue weighted by molar-refractivity contribution is 6.36. The Morgan fingerprint density at radius 1 is 1.43 bits per heavy atom. The van der Waals surface area contributed by atoms with E-state index in [-0.39, 0.29) is 12.2 Å². The van der Waals surface area contributed by atoms with Crippen molar-refractivity contribution in [1.82, 2.24) is 15.2 Å². The number of carbonyl (C=O) groups excluding carboxylic acids is 2. The number of Topliss-reactive ketones (excluding diaryl/α,β-unsaturated/α-hetero) is 1. The Morgan fingerprint density at radius 2 is 2.29 bits per heavy atom. The molecular formula is C16H23N3O2. The summed E-state index contributed by atoms with van der Waals surface area (Å²) in [4.78, 5) is 29.5. The third-order valence-electron chi connectivity index (χ3n) is 3.84. The largest absolute Gasteiger partial charge is 0.349 e. The number of ketones is 1. The zero-order valence-electron chi connectivity index (χ0n) is 12.5. The average Bonchev–Trinajstić information content (AvgIpc) is 2.53. The predicted octanol–water partition coefficient (Wildman–Crippen LogP) is 1.39. The highest BCUT2D eigenvalue weighted by atomic mass is 16.2. The van der Waals surface area contributed by atoms with E-state index in [9.17, 15) is 9.59 Å². The molecule has 1 aromatic rings. The number of hydrogen-bond donors (Lipinski definition) is 1. The molecule has 0 aromatic carbocycles. The second kappa shape index (κ2) is 7.88. The van der Waals surface area contributed by atoms with E-state index < -0.39 is 5.91 Å². The normalized spacial score (nSPS) is 19.2. The second-order valence-corrected chi connectivity index (χ2v) is 5.55. The van der Waals surface area contributed by atoms with Crippen LogP contribution < -0.4 is 5.32 Å². The molecule has 5 heteroatoms. The maximum absolute atomic E-state index is 11.5. The van der Waals surface area contributed by atoms with Crippen molar-refractivity contribution >= 4 is 11.7 Å². The first-order valence-corrected chi connectivity index (χ1v) is 7.62. The van der Waals surface area contributed by atoms with Gasteiger partial charge >= 0.3 is 0 Å². The monoisotopic (exact) mass is 289 g/mol. The van der Waals surface area contributed by atoms with E-state index >= 15 is 0 Å². The quantitative estimate of drug-likeness (QED) is 0.804. The maximum Gasteiger partial charge on any atom is 0.287 e. The van der Waals surface area contributed by atoms with Gasteiger partial charge in [0.25, 0.3) is 5.91 Å². The zero-order valence-corrected chi connectivity index (χ0v) is 12.5. The summed E-state index contributed by atoms with van der Waals surface area (Å²) in [5, 5.41) is 2.76. The molecule has 1 N–H and O–H groups in total. The lowest BCUT2D eigenvalue weighted by atomic mass is 9.97. The van der Waals surface area contributed by atoms with Crippen LogP contribution in [0.25, 0.3) is 0 Å². The number of nitrogens with zero attached hydrogens (tertiary/aromatic N) is 2. The Bertz CT molecular complexity index is 476. The van der Waals surface area contributed by atoms with Gasteiger partial charge in [0, 0.05) is 32.3 Å². The minimum absolute atomic E-state index is 0.266. The zero-order chi connectivity index (χ0) is 15.1. The molecule has 1 aliphatic rings. The minimum Gasteiger partial charge on any atom is -0.349 e. The molecule has 0 bridgehead atoms. The van der Waals surface area contributed by atoms with Crippen LogP contribution in [0.3, 0.4) is 0 Å².